The third-order valence-corrected chi connectivity index (χ3v) is 5.38. The van der Waals surface area contributed by atoms with Gasteiger partial charge in [0.15, 0.2) is 11.8 Å². The molecule has 33 heavy (non-hydrogen) atoms. The number of nitrogens with one attached hydrogen (secondary N) is 2. The maximum atomic E-state index is 6.14. The quantitative estimate of drug-likeness (QED) is 0.259. The first kappa shape index (κ1) is 25.0. The van der Waals surface area contributed by atoms with Crippen molar-refractivity contribution in [1.82, 2.24) is 25.4 Å². The molecule has 0 aliphatic carbocycles. The highest BCUT2D eigenvalue weighted by Gasteiger charge is 2.22. The molecular formula is C24H31IN6O2. The number of para-hydroxylation sites is 1. The Hall–Kier alpha value is -2.66. The molecule has 1 atom stereocenters. The summed E-state index contributed by atoms with van der Waals surface area (Å²) in [6, 6.07) is 16.3. The van der Waals surface area contributed by atoms with Crippen molar-refractivity contribution in [3.05, 3.63) is 71.3 Å². The number of fused-ring (bicyclic) bond motifs is 1. The molecule has 1 unspecified atom stereocenters. The van der Waals surface area contributed by atoms with Crippen LogP contribution in [-0.2, 0) is 30.9 Å². The number of ether oxygens (including phenoxy) is 2. The van der Waals surface area contributed by atoms with E-state index in [1.54, 1.807) is 14.2 Å². The molecule has 176 valence electrons. The van der Waals surface area contributed by atoms with E-state index in [4.69, 9.17) is 9.47 Å². The Balaban J connectivity index is 0.00000306. The Kier molecular flexibility index (Phi) is 9.07. The predicted molar refractivity (Wildman–Crippen MR) is 139 cm³/mol. The monoisotopic (exact) mass is 562 g/mol. The molecule has 0 saturated carbocycles. The lowest BCUT2D eigenvalue weighted by atomic mass is 10.1. The number of halogens is 1. The van der Waals surface area contributed by atoms with Crippen molar-refractivity contribution in [1.29, 1.82) is 0 Å². The van der Waals surface area contributed by atoms with Crippen molar-refractivity contribution >= 4 is 29.9 Å². The van der Waals surface area contributed by atoms with Crippen LogP contribution in [0.25, 0.3) is 0 Å². The van der Waals surface area contributed by atoms with Crippen LogP contribution < -0.4 is 15.4 Å². The Morgan fingerprint density at radius 3 is 2.85 bits per heavy atom. The van der Waals surface area contributed by atoms with E-state index in [0.717, 1.165) is 54.1 Å². The SMILES string of the molecule is CN=C(NCc1ccccc1Oc1cccc(C)c1)NC1CCc2nc(COC)nn2C1.I. The maximum absolute atomic E-state index is 6.14. The molecule has 2 aromatic carbocycles. The second kappa shape index (κ2) is 12.0. The topological polar surface area (TPSA) is 85.6 Å². The smallest absolute Gasteiger partial charge is 0.191 e. The minimum atomic E-state index is 0. The van der Waals surface area contributed by atoms with Gasteiger partial charge in [-0.15, -0.1) is 24.0 Å². The van der Waals surface area contributed by atoms with Gasteiger partial charge in [-0.3, -0.25) is 4.99 Å². The van der Waals surface area contributed by atoms with Crippen molar-refractivity contribution in [3.63, 3.8) is 0 Å². The van der Waals surface area contributed by atoms with Gasteiger partial charge >= 0.3 is 0 Å². The van der Waals surface area contributed by atoms with Crippen molar-refractivity contribution in [2.75, 3.05) is 14.2 Å². The first-order chi connectivity index (χ1) is 15.6. The fourth-order valence-corrected chi connectivity index (χ4v) is 3.79. The van der Waals surface area contributed by atoms with E-state index in [9.17, 15) is 0 Å². The lowest BCUT2D eigenvalue weighted by Gasteiger charge is -2.25. The summed E-state index contributed by atoms with van der Waals surface area (Å²) in [5, 5.41) is 11.5. The molecule has 0 saturated heterocycles. The Labute approximate surface area is 211 Å². The average Bonchev–Trinajstić information content (AvgIpc) is 3.19. The van der Waals surface area contributed by atoms with E-state index in [1.807, 2.05) is 41.1 Å². The zero-order valence-corrected chi connectivity index (χ0v) is 21.6. The van der Waals surface area contributed by atoms with Crippen LogP contribution in [0, 0.1) is 6.92 Å². The summed E-state index contributed by atoms with van der Waals surface area (Å²) in [6.45, 7) is 3.84. The van der Waals surface area contributed by atoms with Crippen LogP contribution >= 0.6 is 24.0 Å². The third kappa shape index (κ3) is 6.67. The van der Waals surface area contributed by atoms with Gasteiger partial charge in [0.25, 0.3) is 0 Å². The lowest BCUT2D eigenvalue weighted by molar-refractivity contribution is 0.177. The average molecular weight is 562 g/mol. The van der Waals surface area contributed by atoms with E-state index in [1.165, 1.54) is 5.56 Å². The number of hydrogen-bond acceptors (Lipinski definition) is 5. The van der Waals surface area contributed by atoms with Gasteiger partial charge < -0.3 is 20.1 Å². The summed E-state index contributed by atoms with van der Waals surface area (Å²) < 4.78 is 13.3. The molecule has 1 aromatic heterocycles. The van der Waals surface area contributed by atoms with Crippen molar-refractivity contribution in [2.24, 2.45) is 4.99 Å². The highest BCUT2D eigenvalue weighted by atomic mass is 127. The van der Waals surface area contributed by atoms with E-state index in [-0.39, 0.29) is 30.0 Å². The van der Waals surface area contributed by atoms with Crippen LogP contribution in [0.1, 0.15) is 29.2 Å². The standard InChI is InChI=1S/C24H30N6O2.HI/c1-17-7-6-9-20(13-17)32-21-10-5-4-8-18(21)14-26-24(25-2)27-19-11-12-23-28-22(16-31-3)29-30(23)15-19;/h4-10,13,19H,11-12,14-16H2,1-3H3,(H2,25,26,27);1H. The third-order valence-electron chi connectivity index (χ3n) is 5.38. The van der Waals surface area contributed by atoms with Crippen LogP contribution in [0.2, 0.25) is 0 Å². The molecule has 2 heterocycles. The first-order valence-corrected chi connectivity index (χ1v) is 10.9. The van der Waals surface area contributed by atoms with Crippen molar-refractivity contribution in [3.8, 4) is 11.5 Å². The molecule has 2 N–H and O–H groups in total. The summed E-state index contributed by atoms with van der Waals surface area (Å²) in [6.07, 6.45) is 1.84. The zero-order valence-electron chi connectivity index (χ0n) is 19.2. The Bertz CT molecular complexity index is 1080. The van der Waals surface area contributed by atoms with Crippen LogP contribution in [0.15, 0.2) is 53.5 Å². The Morgan fingerprint density at radius 1 is 1.21 bits per heavy atom. The van der Waals surface area contributed by atoms with E-state index in [2.05, 4.69) is 44.8 Å². The number of nitrogens with zero attached hydrogens (tertiary/aromatic N) is 4. The number of aliphatic imine (C=N–C) groups is 1. The van der Waals surface area contributed by atoms with Gasteiger partial charge in [0.05, 0.1) is 6.54 Å². The molecule has 1 aliphatic rings. The fraction of sp³-hybridized carbons (Fsp3) is 0.375. The summed E-state index contributed by atoms with van der Waals surface area (Å²) in [4.78, 5) is 8.94. The molecule has 0 amide bonds. The second-order valence-corrected chi connectivity index (χ2v) is 7.89. The van der Waals surface area contributed by atoms with Gasteiger partial charge in [-0.05, 0) is 37.1 Å². The zero-order chi connectivity index (χ0) is 22.3. The van der Waals surface area contributed by atoms with E-state index in [0.29, 0.717) is 13.2 Å². The number of guanidine groups is 1. The van der Waals surface area contributed by atoms with E-state index < -0.39 is 0 Å². The van der Waals surface area contributed by atoms with Crippen LogP contribution in [0.3, 0.4) is 0 Å². The number of methoxy groups -OCH3 is 1. The summed E-state index contributed by atoms with van der Waals surface area (Å²) in [7, 11) is 3.44. The van der Waals surface area contributed by atoms with Crippen molar-refractivity contribution in [2.45, 2.75) is 45.5 Å². The predicted octanol–water partition coefficient (Wildman–Crippen LogP) is 3.82. The summed E-state index contributed by atoms with van der Waals surface area (Å²) in [5.74, 6) is 4.16. The molecule has 0 fully saturated rings. The number of hydrogen-bond donors (Lipinski definition) is 2. The molecule has 3 aromatic rings. The highest BCUT2D eigenvalue weighted by Crippen LogP contribution is 2.25. The second-order valence-electron chi connectivity index (χ2n) is 7.89. The highest BCUT2D eigenvalue weighted by molar-refractivity contribution is 14.0. The summed E-state index contributed by atoms with van der Waals surface area (Å²) >= 11 is 0. The largest absolute Gasteiger partial charge is 0.457 e. The molecule has 9 heteroatoms. The number of benzene rings is 2. The number of rotatable bonds is 7. The molecule has 8 nitrogen and oxygen atoms in total. The van der Waals surface area contributed by atoms with Gasteiger partial charge in [0, 0.05) is 38.7 Å². The maximum Gasteiger partial charge on any atom is 0.191 e. The van der Waals surface area contributed by atoms with Crippen molar-refractivity contribution < 1.29 is 9.47 Å². The first-order valence-electron chi connectivity index (χ1n) is 10.9. The van der Waals surface area contributed by atoms with Crippen LogP contribution in [0.5, 0.6) is 11.5 Å². The molecule has 1 aliphatic heterocycles. The van der Waals surface area contributed by atoms with Gasteiger partial charge in [-0.2, -0.15) is 5.10 Å². The van der Waals surface area contributed by atoms with Gasteiger partial charge in [0.1, 0.15) is 23.9 Å². The minimum absolute atomic E-state index is 0. The number of aryl methyl sites for hydroxylation is 2. The van der Waals surface area contributed by atoms with Gasteiger partial charge in [-0.1, -0.05) is 30.3 Å². The van der Waals surface area contributed by atoms with Crippen LogP contribution in [-0.4, -0.2) is 40.9 Å². The Morgan fingerprint density at radius 2 is 2.06 bits per heavy atom. The summed E-state index contributed by atoms with van der Waals surface area (Å²) in [5.41, 5.74) is 2.23. The fourth-order valence-electron chi connectivity index (χ4n) is 3.79. The molecular weight excluding hydrogens is 531 g/mol. The molecule has 0 radical (unpaired) electrons. The normalized spacial score (nSPS) is 15.4. The van der Waals surface area contributed by atoms with Crippen LogP contribution in [0.4, 0.5) is 0 Å². The lowest BCUT2D eigenvalue weighted by Crippen LogP contribution is -2.46. The van der Waals surface area contributed by atoms with Gasteiger partial charge in [0.2, 0.25) is 0 Å². The van der Waals surface area contributed by atoms with Gasteiger partial charge in [-0.25, -0.2) is 9.67 Å². The van der Waals surface area contributed by atoms with E-state index >= 15 is 0 Å². The minimum Gasteiger partial charge on any atom is -0.457 e. The number of aromatic nitrogens is 3. The molecule has 4 rings (SSSR count). The molecule has 0 bridgehead atoms. The molecule has 0 spiro atoms.